The predicted molar refractivity (Wildman–Crippen MR) is 102 cm³/mol. The molecule has 0 saturated carbocycles. The predicted octanol–water partition coefficient (Wildman–Crippen LogP) is 2.93. The Morgan fingerprint density at radius 1 is 1.22 bits per heavy atom. The maximum atomic E-state index is 13.0. The zero-order valence-corrected chi connectivity index (χ0v) is 16.1. The Morgan fingerprint density at radius 3 is 2.67 bits per heavy atom. The van der Waals surface area contributed by atoms with Gasteiger partial charge >= 0.3 is 5.97 Å². The summed E-state index contributed by atoms with van der Waals surface area (Å²) < 4.78 is 7.15. The number of hydrogen-bond donors (Lipinski definition) is 0. The number of amides is 1. The van der Waals surface area contributed by atoms with Gasteiger partial charge in [0, 0.05) is 25.8 Å². The van der Waals surface area contributed by atoms with Gasteiger partial charge < -0.3 is 9.64 Å². The second-order valence-electron chi connectivity index (χ2n) is 7.08. The highest BCUT2D eigenvalue weighted by Crippen LogP contribution is 2.36. The van der Waals surface area contributed by atoms with Crippen molar-refractivity contribution in [1.29, 1.82) is 0 Å². The molecule has 0 bridgehead atoms. The van der Waals surface area contributed by atoms with Gasteiger partial charge in [0.05, 0.1) is 23.8 Å². The number of likely N-dealkylation sites (tertiary alicyclic amines) is 1. The quantitative estimate of drug-likeness (QED) is 0.735. The van der Waals surface area contributed by atoms with Crippen LogP contribution in [-0.4, -0.2) is 46.3 Å². The van der Waals surface area contributed by atoms with Crippen molar-refractivity contribution in [3.05, 3.63) is 53.9 Å². The first-order chi connectivity index (χ1) is 13.1. The normalized spacial score (nSPS) is 19.7. The van der Waals surface area contributed by atoms with Crippen molar-refractivity contribution < 1.29 is 14.3 Å². The highest BCUT2D eigenvalue weighted by Gasteiger charge is 2.45. The minimum absolute atomic E-state index is 0.0730. The van der Waals surface area contributed by atoms with Gasteiger partial charge in [0.25, 0.3) is 5.91 Å². The molecule has 0 radical (unpaired) electrons. The highest BCUT2D eigenvalue weighted by atomic mass is 16.5. The molecule has 6 nitrogen and oxygen atoms in total. The minimum atomic E-state index is -0.702. The average Bonchev–Trinajstić information content (AvgIpc) is 3.18. The molecule has 6 heteroatoms. The molecule has 27 heavy (non-hydrogen) atoms. The lowest BCUT2D eigenvalue weighted by Gasteiger charge is -2.41. The van der Waals surface area contributed by atoms with Gasteiger partial charge in [-0.1, -0.05) is 30.3 Å². The summed E-state index contributed by atoms with van der Waals surface area (Å²) >= 11 is 0. The Kier molecular flexibility index (Phi) is 5.94. The van der Waals surface area contributed by atoms with E-state index in [1.54, 1.807) is 22.0 Å². The van der Waals surface area contributed by atoms with E-state index in [-0.39, 0.29) is 11.9 Å². The highest BCUT2D eigenvalue weighted by molar-refractivity contribution is 5.94. The Balaban J connectivity index is 1.84. The second kappa shape index (κ2) is 8.37. The SMILES string of the molecule is CCOC(=O)[C@@]1(Cc2ccccc2)CCCN(C(=O)c2cnn(CC)c2)C1. The summed E-state index contributed by atoms with van der Waals surface area (Å²) in [6, 6.07) is 9.95. The van der Waals surface area contributed by atoms with Gasteiger partial charge in [-0.25, -0.2) is 0 Å². The van der Waals surface area contributed by atoms with E-state index in [2.05, 4.69) is 5.10 Å². The van der Waals surface area contributed by atoms with E-state index in [0.717, 1.165) is 18.4 Å². The summed E-state index contributed by atoms with van der Waals surface area (Å²) in [6.07, 6.45) is 5.44. The van der Waals surface area contributed by atoms with Crippen molar-refractivity contribution in [3.63, 3.8) is 0 Å². The molecule has 1 aliphatic rings. The van der Waals surface area contributed by atoms with Crippen LogP contribution in [0.2, 0.25) is 0 Å². The fourth-order valence-electron chi connectivity index (χ4n) is 3.79. The number of ether oxygens (including phenoxy) is 1. The second-order valence-corrected chi connectivity index (χ2v) is 7.08. The molecule has 3 rings (SSSR count). The third-order valence-electron chi connectivity index (χ3n) is 5.16. The van der Waals surface area contributed by atoms with Crippen LogP contribution in [-0.2, 0) is 22.5 Å². The first-order valence-electron chi connectivity index (χ1n) is 9.61. The van der Waals surface area contributed by atoms with E-state index < -0.39 is 5.41 Å². The first-order valence-corrected chi connectivity index (χ1v) is 9.61. The van der Waals surface area contributed by atoms with Gasteiger partial charge in [0.2, 0.25) is 0 Å². The van der Waals surface area contributed by atoms with Gasteiger partial charge in [-0.3, -0.25) is 14.3 Å². The third kappa shape index (κ3) is 4.21. The van der Waals surface area contributed by atoms with Crippen molar-refractivity contribution in [2.75, 3.05) is 19.7 Å². The zero-order valence-electron chi connectivity index (χ0n) is 16.1. The summed E-state index contributed by atoms with van der Waals surface area (Å²) in [7, 11) is 0. The van der Waals surface area contributed by atoms with E-state index in [1.165, 1.54) is 0 Å². The fourth-order valence-corrected chi connectivity index (χ4v) is 3.79. The third-order valence-corrected chi connectivity index (χ3v) is 5.16. The van der Waals surface area contributed by atoms with Crippen molar-refractivity contribution in [1.82, 2.24) is 14.7 Å². The van der Waals surface area contributed by atoms with Crippen LogP contribution in [0.15, 0.2) is 42.7 Å². The van der Waals surface area contributed by atoms with Crippen LogP contribution in [0.1, 0.15) is 42.6 Å². The van der Waals surface area contributed by atoms with E-state index >= 15 is 0 Å². The number of hydrogen-bond acceptors (Lipinski definition) is 4. The number of carbonyl (C=O) groups is 2. The average molecular weight is 369 g/mol. The molecule has 1 aromatic heterocycles. The molecule has 1 aromatic carbocycles. The molecule has 0 aliphatic carbocycles. The van der Waals surface area contributed by atoms with Gasteiger partial charge in [-0.05, 0) is 38.7 Å². The standard InChI is InChI=1S/C21H27N3O3/c1-3-24-15-18(14-22-24)19(25)23-12-8-11-21(16-23,20(26)27-4-2)13-17-9-6-5-7-10-17/h5-7,9-10,14-15H,3-4,8,11-13,16H2,1-2H3/t21-/m1/s1. The topological polar surface area (TPSA) is 64.4 Å². The molecule has 2 aromatic rings. The summed E-state index contributed by atoms with van der Waals surface area (Å²) in [5.74, 6) is -0.285. The molecular weight excluding hydrogens is 342 g/mol. The molecular formula is C21H27N3O3. The Bertz CT molecular complexity index is 787. The number of carbonyl (C=O) groups excluding carboxylic acids is 2. The van der Waals surface area contributed by atoms with Crippen LogP contribution < -0.4 is 0 Å². The van der Waals surface area contributed by atoms with E-state index in [1.807, 2.05) is 44.2 Å². The number of piperidine rings is 1. The number of aromatic nitrogens is 2. The van der Waals surface area contributed by atoms with Crippen LogP contribution >= 0.6 is 0 Å². The number of aryl methyl sites for hydroxylation is 1. The zero-order chi connectivity index (χ0) is 19.3. The Morgan fingerprint density at radius 2 is 2.00 bits per heavy atom. The summed E-state index contributed by atoms with van der Waals surface area (Å²) in [4.78, 5) is 27.7. The molecule has 1 aliphatic heterocycles. The molecule has 0 spiro atoms. The van der Waals surface area contributed by atoms with Crippen LogP contribution in [0, 0.1) is 5.41 Å². The first kappa shape index (κ1) is 19.1. The van der Waals surface area contributed by atoms with Crippen LogP contribution in [0.5, 0.6) is 0 Å². The monoisotopic (exact) mass is 369 g/mol. The molecule has 144 valence electrons. The summed E-state index contributed by atoms with van der Waals surface area (Å²) in [5.41, 5.74) is 0.946. The van der Waals surface area contributed by atoms with E-state index in [0.29, 0.717) is 38.2 Å². The largest absolute Gasteiger partial charge is 0.466 e. The molecule has 1 saturated heterocycles. The van der Waals surface area contributed by atoms with Gasteiger partial charge in [-0.15, -0.1) is 0 Å². The van der Waals surface area contributed by atoms with Gasteiger partial charge in [-0.2, -0.15) is 5.10 Å². The summed E-state index contributed by atoms with van der Waals surface area (Å²) in [5, 5.41) is 4.20. The molecule has 1 fully saturated rings. The van der Waals surface area contributed by atoms with E-state index in [9.17, 15) is 9.59 Å². The van der Waals surface area contributed by atoms with Crippen LogP contribution in [0.3, 0.4) is 0 Å². The number of benzene rings is 1. The van der Waals surface area contributed by atoms with Crippen molar-refractivity contribution in [2.45, 2.75) is 39.7 Å². The van der Waals surface area contributed by atoms with Crippen LogP contribution in [0.4, 0.5) is 0 Å². The molecule has 1 amide bonds. The number of esters is 1. The minimum Gasteiger partial charge on any atom is -0.466 e. The molecule has 0 unspecified atom stereocenters. The Hall–Kier alpha value is -2.63. The fraction of sp³-hybridized carbons (Fsp3) is 0.476. The van der Waals surface area contributed by atoms with Crippen molar-refractivity contribution in [2.24, 2.45) is 5.41 Å². The number of rotatable bonds is 6. The van der Waals surface area contributed by atoms with Gasteiger partial charge in [0.15, 0.2) is 0 Å². The summed E-state index contributed by atoms with van der Waals surface area (Å²) in [6.45, 7) is 5.87. The number of nitrogens with zero attached hydrogens (tertiary/aromatic N) is 3. The molecule has 2 heterocycles. The smallest absolute Gasteiger partial charge is 0.314 e. The Labute approximate surface area is 160 Å². The van der Waals surface area contributed by atoms with Gasteiger partial charge in [0.1, 0.15) is 0 Å². The lowest BCUT2D eigenvalue weighted by Crippen LogP contribution is -2.51. The molecule has 0 N–H and O–H groups in total. The van der Waals surface area contributed by atoms with Crippen LogP contribution in [0.25, 0.3) is 0 Å². The van der Waals surface area contributed by atoms with E-state index in [4.69, 9.17) is 4.74 Å². The maximum Gasteiger partial charge on any atom is 0.314 e. The molecule has 1 atom stereocenters. The lowest BCUT2D eigenvalue weighted by molar-refractivity contribution is -0.158. The lowest BCUT2D eigenvalue weighted by atomic mass is 9.75. The van der Waals surface area contributed by atoms with Crippen molar-refractivity contribution in [3.8, 4) is 0 Å². The maximum absolute atomic E-state index is 13.0. The van der Waals surface area contributed by atoms with Crippen molar-refractivity contribution >= 4 is 11.9 Å².